The molecule has 3 rings (SSSR count). The van der Waals surface area contributed by atoms with Gasteiger partial charge in [0.25, 0.3) is 0 Å². The summed E-state index contributed by atoms with van der Waals surface area (Å²) < 4.78 is 5.88. The highest BCUT2D eigenvalue weighted by Gasteiger charge is 2.37. The summed E-state index contributed by atoms with van der Waals surface area (Å²) in [5.41, 5.74) is 0.298. The number of hydrogen-bond acceptors (Lipinski definition) is 2. The summed E-state index contributed by atoms with van der Waals surface area (Å²) >= 11 is 0. The van der Waals surface area contributed by atoms with Gasteiger partial charge in [0.15, 0.2) is 0 Å². The first-order valence-electron chi connectivity index (χ1n) is 8.83. The first-order valence-corrected chi connectivity index (χ1v) is 8.83. The minimum absolute atomic E-state index is 0.170. The van der Waals surface area contributed by atoms with Gasteiger partial charge in [-0.3, -0.25) is 0 Å². The third-order valence-electron chi connectivity index (χ3n) is 4.74. The van der Waals surface area contributed by atoms with Crippen LogP contribution in [0.25, 0.3) is 0 Å². The summed E-state index contributed by atoms with van der Waals surface area (Å²) in [7, 11) is 0. The minimum atomic E-state index is -1.23. The van der Waals surface area contributed by atoms with Crippen molar-refractivity contribution in [3.8, 4) is 12.3 Å². The highest BCUT2D eigenvalue weighted by atomic mass is 16.6. The van der Waals surface area contributed by atoms with Crippen LogP contribution in [0.1, 0.15) is 43.2 Å². The van der Waals surface area contributed by atoms with E-state index in [0.29, 0.717) is 0 Å². The van der Waals surface area contributed by atoms with Crippen molar-refractivity contribution < 1.29 is 9.53 Å². The molecule has 0 spiro atoms. The second-order valence-corrected chi connectivity index (χ2v) is 6.43. The van der Waals surface area contributed by atoms with Crippen molar-refractivity contribution >= 4 is 6.09 Å². The Kier molecular flexibility index (Phi) is 5.40. The first-order chi connectivity index (χ1) is 12.2. The predicted octanol–water partition coefficient (Wildman–Crippen LogP) is 4.62. The maximum atomic E-state index is 12.6. The Morgan fingerprint density at radius 1 is 0.960 bits per heavy atom. The summed E-state index contributed by atoms with van der Waals surface area (Å²) in [6, 6.07) is 19.1. The highest BCUT2D eigenvalue weighted by molar-refractivity contribution is 5.70. The maximum absolute atomic E-state index is 12.6. The van der Waals surface area contributed by atoms with Crippen LogP contribution < -0.4 is 5.32 Å². The summed E-state index contributed by atoms with van der Waals surface area (Å²) in [4.78, 5) is 12.6. The fraction of sp³-hybridized carbons (Fsp3) is 0.318. The average molecular weight is 333 g/mol. The smallest absolute Gasteiger partial charge is 0.409 e. The van der Waals surface area contributed by atoms with Crippen molar-refractivity contribution in [2.75, 3.05) is 0 Å². The van der Waals surface area contributed by atoms with Crippen LogP contribution in [0.2, 0.25) is 0 Å². The monoisotopic (exact) mass is 333 g/mol. The zero-order chi connectivity index (χ0) is 17.5. The number of carbonyl (C=O) groups excluding carboxylic acids is 1. The lowest BCUT2D eigenvalue weighted by molar-refractivity contribution is 0.0739. The number of nitrogens with one attached hydrogen (secondary N) is 1. The lowest BCUT2D eigenvalue weighted by Crippen LogP contribution is -2.42. The van der Waals surface area contributed by atoms with Gasteiger partial charge in [-0.15, -0.1) is 6.42 Å². The largest absolute Gasteiger partial charge is 0.421 e. The standard InChI is InChI=1S/C22H23NO2/c1-2-22(18-12-6-3-7-13-18,19-14-8-4-9-15-19)25-21(24)23-20-16-10-5-11-17-20/h1,3-4,6-9,12-15,20H,5,10-11,16-17H2,(H,23,24). The molecule has 2 aromatic rings. The number of hydrogen-bond donors (Lipinski definition) is 1. The molecular formula is C22H23NO2. The lowest BCUT2D eigenvalue weighted by Gasteiger charge is -2.31. The van der Waals surface area contributed by atoms with Gasteiger partial charge in [0.1, 0.15) is 0 Å². The Labute approximate surface area is 149 Å². The molecule has 3 nitrogen and oxygen atoms in total. The molecule has 0 heterocycles. The summed E-state index contributed by atoms with van der Waals surface area (Å²) in [6.45, 7) is 0. The van der Waals surface area contributed by atoms with Crippen molar-refractivity contribution in [3.05, 3.63) is 71.8 Å². The molecular weight excluding hydrogens is 310 g/mol. The van der Waals surface area contributed by atoms with E-state index in [2.05, 4.69) is 11.2 Å². The van der Waals surface area contributed by atoms with Crippen molar-refractivity contribution in [2.24, 2.45) is 0 Å². The molecule has 25 heavy (non-hydrogen) atoms. The predicted molar refractivity (Wildman–Crippen MR) is 99.0 cm³/mol. The van der Waals surface area contributed by atoms with Crippen molar-refractivity contribution in [1.82, 2.24) is 5.32 Å². The lowest BCUT2D eigenvalue weighted by atomic mass is 9.87. The Hall–Kier alpha value is -2.73. The van der Waals surface area contributed by atoms with Gasteiger partial charge in [-0.05, 0) is 18.8 Å². The fourth-order valence-corrected chi connectivity index (χ4v) is 3.41. The molecule has 0 aromatic heterocycles. The van der Waals surface area contributed by atoms with Gasteiger partial charge in [0.05, 0.1) is 0 Å². The number of carbonyl (C=O) groups is 1. The molecule has 1 aliphatic carbocycles. The van der Waals surface area contributed by atoms with Gasteiger partial charge in [-0.2, -0.15) is 0 Å². The molecule has 2 aromatic carbocycles. The molecule has 0 atom stereocenters. The normalized spacial score (nSPS) is 15.2. The second kappa shape index (κ2) is 7.90. The van der Waals surface area contributed by atoms with E-state index in [1.165, 1.54) is 6.42 Å². The quantitative estimate of drug-likeness (QED) is 0.829. The van der Waals surface area contributed by atoms with Crippen molar-refractivity contribution in [1.29, 1.82) is 0 Å². The molecule has 0 aliphatic heterocycles. The molecule has 1 saturated carbocycles. The summed E-state index contributed by atoms with van der Waals surface area (Å²) in [5.74, 6) is 2.73. The number of rotatable bonds is 4. The van der Waals surface area contributed by atoms with Crippen molar-refractivity contribution in [3.63, 3.8) is 0 Å². The summed E-state index contributed by atoms with van der Waals surface area (Å²) in [5, 5.41) is 2.99. The first kappa shape index (κ1) is 17.1. The van der Waals surface area contributed by atoms with Gasteiger partial charge >= 0.3 is 6.09 Å². The van der Waals surface area contributed by atoms with Gasteiger partial charge in [0.2, 0.25) is 5.60 Å². The van der Waals surface area contributed by atoms with Crippen LogP contribution in [-0.4, -0.2) is 12.1 Å². The molecule has 1 N–H and O–H groups in total. The second-order valence-electron chi connectivity index (χ2n) is 6.43. The highest BCUT2D eigenvalue weighted by Crippen LogP contribution is 2.33. The molecule has 3 heteroatoms. The molecule has 1 fully saturated rings. The van der Waals surface area contributed by atoms with Gasteiger partial charge in [0, 0.05) is 17.2 Å². The minimum Gasteiger partial charge on any atom is -0.421 e. The van der Waals surface area contributed by atoms with Crippen LogP contribution in [0.5, 0.6) is 0 Å². The molecule has 0 saturated heterocycles. The number of alkyl carbamates (subject to hydrolysis) is 1. The average Bonchev–Trinajstić information content (AvgIpc) is 2.68. The Morgan fingerprint density at radius 2 is 1.48 bits per heavy atom. The molecule has 1 aliphatic rings. The van der Waals surface area contributed by atoms with E-state index in [1.807, 2.05) is 60.7 Å². The zero-order valence-corrected chi connectivity index (χ0v) is 14.3. The number of benzene rings is 2. The summed E-state index contributed by atoms with van der Waals surface area (Å²) in [6.07, 6.45) is 10.9. The topological polar surface area (TPSA) is 38.3 Å². The van der Waals surface area contributed by atoms with E-state index >= 15 is 0 Å². The third-order valence-corrected chi connectivity index (χ3v) is 4.74. The van der Waals surface area contributed by atoms with Gasteiger partial charge in [-0.25, -0.2) is 4.79 Å². The SMILES string of the molecule is C#CC(OC(=O)NC1CCCCC1)(c1ccccc1)c1ccccc1. The van der Waals surface area contributed by atoms with Gasteiger partial charge in [-0.1, -0.05) is 79.9 Å². The van der Waals surface area contributed by atoms with Crippen molar-refractivity contribution in [2.45, 2.75) is 43.7 Å². The van der Waals surface area contributed by atoms with Crippen LogP contribution in [0.3, 0.4) is 0 Å². The van der Waals surface area contributed by atoms with Crippen LogP contribution in [0.4, 0.5) is 4.79 Å². The number of amides is 1. The number of ether oxygens (including phenoxy) is 1. The van der Waals surface area contributed by atoms with Crippen LogP contribution in [0, 0.1) is 12.3 Å². The fourth-order valence-electron chi connectivity index (χ4n) is 3.41. The van der Waals surface area contributed by atoms with E-state index in [-0.39, 0.29) is 6.04 Å². The third kappa shape index (κ3) is 3.85. The molecule has 128 valence electrons. The molecule has 1 amide bonds. The Balaban J connectivity index is 1.89. The molecule has 0 radical (unpaired) electrons. The van der Waals surface area contributed by atoms with E-state index in [1.54, 1.807) is 0 Å². The Bertz CT molecular complexity index is 688. The Morgan fingerprint density at radius 3 is 1.96 bits per heavy atom. The van der Waals surface area contributed by atoms with E-state index < -0.39 is 11.7 Å². The number of terminal acetylenes is 1. The molecule has 0 unspecified atom stereocenters. The molecule has 0 bridgehead atoms. The van der Waals surface area contributed by atoms with Gasteiger partial charge < -0.3 is 10.1 Å². The van der Waals surface area contributed by atoms with Crippen LogP contribution in [0.15, 0.2) is 60.7 Å². The van der Waals surface area contributed by atoms with Crippen LogP contribution >= 0.6 is 0 Å². The van der Waals surface area contributed by atoms with E-state index in [0.717, 1.165) is 36.8 Å². The van der Waals surface area contributed by atoms with Crippen LogP contribution in [-0.2, 0) is 10.3 Å². The van der Waals surface area contributed by atoms with E-state index in [4.69, 9.17) is 11.2 Å². The zero-order valence-electron chi connectivity index (χ0n) is 14.3. The van der Waals surface area contributed by atoms with E-state index in [9.17, 15) is 4.79 Å². The maximum Gasteiger partial charge on any atom is 0.409 e.